The average molecular weight is 317 g/mol. The molecule has 1 aromatic rings. The van der Waals surface area contributed by atoms with E-state index in [-0.39, 0.29) is 21.8 Å². The average Bonchev–Trinajstić information content (AvgIpc) is 2.30. The van der Waals surface area contributed by atoms with Crippen molar-refractivity contribution in [1.29, 1.82) is 0 Å². The molecule has 0 heterocycles. The summed E-state index contributed by atoms with van der Waals surface area (Å²) in [6, 6.07) is 4.00. The van der Waals surface area contributed by atoms with Gasteiger partial charge in [0.2, 0.25) is 10.0 Å². The molecule has 0 saturated carbocycles. The van der Waals surface area contributed by atoms with E-state index in [0.29, 0.717) is 5.02 Å². The Bertz CT molecular complexity index is 504. The molecule has 7 heteroatoms. The van der Waals surface area contributed by atoms with Crippen molar-refractivity contribution < 1.29 is 8.42 Å². The summed E-state index contributed by atoms with van der Waals surface area (Å²) in [5, 5.41) is 0.461. The van der Waals surface area contributed by atoms with Crippen LogP contribution in [0.4, 0.5) is 0 Å². The van der Waals surface area contributed by atoms with Crippen molar-refractivity contribution in [2.45, 2.75) is 17.9 Å². The van der Waals surface area contributed by atoms with Gasteiger partial charge in [0.05, 0.1) is 5.02 Å². The molecule has 1 unspecified atom stereocenters. The van der Waals surface area contributed by atoms with Crippen LogP contribution in [-0.4, -0.2) is 31.7 Å². The largest absolute Gasteiger partial charge is 0.244 e. The van der Waals surface area contributed by atoms with Crippen molar-refractivity contribution in [2.24, 2.45) is 0 Å². The second-order valence-corrected chi connectivity index (χ2v) is 6.72. The molecule has 17 heavy (non-hydrogen) atoms. The van der Waals surface area contributed by atoms with Gasteiger partial charge in [0.1, 0.15) is 4.90 Å². The number of benzene rings is 1. The monoisotopic (exact) mass is 315 g/mol. The Balaban J connectivity index is 3.26. The van der Waals surface area contributed by atoms with Crippen molar-refractivity contribution in [2.75, 3.05) is 12.9 Å². The third-order valence-electron chi connectivity index (χ3n) is 2.39. The van der Waals surface area contributed by atoms with E-state index in [2.05, 4.69) is 0 Å². The number of halogens is 3. The van der Waals surface area contributed by atoms with Crippen LogP contribution >= 0.6 is 34.8 Å². The van der Waals surface area contributed by atoms with Crippen LogP contribution in [-0.2, 0) is 10.0 Å². The number of hydrogen-bond donors (Lipinski definition) is 0. The molecular formula is C10H12Cl3NO2S. The highest BCUT2D eigenvalue weighted by Gasteiger charge is 2.27. The summed E-state index contributed by atoms with van der Waals surface area (Å²) < 4.78 is 25.6. The van der Waals surface area contributed by atoms with Gasteiger partial charge in [0.15, 0.2) is 0 Å². The van der Waals surface area contributed by atoms with Crippen molar-refractivity contribution >= 4 is 44.8 Å². The minimum atomic E-state index is -3.67. The second-order valence-electron chi connectivity index (χ2n) is 3.60. The quantitative estimate of drug-likeness (QED) is 0.800. The molecule has 3 nitrogen and oxygen atoms in total. The fourth-order valence-electron chi connectivity index (χ4n) is 1.16. The molecule has 1 rings (SSSR count). The Morgan fingerprint density at radius 3 is 2.47 bits per heavy atom. The molecule has 1 aromatic carbocycles. The lowest BCUT2D eigenvalue weighted by molar-refractivity contribution is 0.413. The van der Waals surface area contributed by atoms with E-state index in [0.717, 1.165) is 0 Å². The molecule has 0 aliphatic carbocycles. The van der Waals surface area contributed by atoms with Gasteiger partial charge in [-0.2, -0.15) is 4.31 Å². The van der Waals surface area contributed by atoms with E-state index < -0.39 is 10.0 Å². The zero-order valence-corrected chi connectivity index (χ0v) is 12.4. The zero-order valence-electron chi connectivity index (χ0n) is 9.32. The van der Waals surface area contributed by atoms with Crippen molar-refractivity contribution in [3.8, 4) is 0 Å². The van der Waals surface area contributed by atoms with Crippen molar-refractivity contribution in [3.05, 3.63) is 28.2 Å². The van der Waals surface area contributed by atoms with E-state index in [9.17, 15) is 8.42 Å². The van der Waals surface area contributed by atoms with Crippen LogP contribution in [0.15, 0.2) is 23.1 Å². The predicted octanol–water partition coefficient (Wildman–Crippen LogP) is 3.24. The topological polar surface area (TPSA) is 37.4 Å². The summed E-state index contributed by atoms with van der Waals surface area (Å²) in [6.45, 7) is 1.71. The Morgan fingerprint density at radius 1 is 1.35 bits per heavy atom. The molecule has 0 saturated heterocycles. The van der Waals surface area contributed by atoms with E-state index in [1.165, 1.54) is 29.6 Å². The highest BCUT2D eigenvalue weighted by atomic mass is 35.5. The molecule has 0 bridgehead atoms. The second kappa shape index (κ2) is 5.76. The van der Waals surface area contributed by atoms with Crippen LogP contribution in [0.25, 0.3) is 0 Å². The van der Waals surface area contributed by atoms with Gasteiger partial charge >= 0.3 is 0 Å². The first-order valence-electron chi connectivity index (χ1n) is 4.79. The first-order valence-corrected chi connectivity index (χ1v) is 7.52. The molecule has 0 aliphatic heterocycles. The first-order chi connectivity index (χ1) is 7.80. The van der Waals surface area contributed by atoms with Crippen LogP contribution in [0, 0.1) is 0 Å². The predicted molar refractivity (Wildman–Crippen MR) is 71.6 cm³/mol. The Hall–Kier alpha value is -0.000000000000000111. The fourth-order valence-corrected chi connectivity index (χ4v) is 3.55. The van der Waals surface area contributed by atoms with Crippen molar-refractivity contribution in [3.63, 3.8) is 0 Å². The number of sulfonamides is 1. The summed E-state index contributed by atoms with van der Waals surface area (Å²) in [5.41, 5.74) is 0. The lowest BCUT2D eigenvalue weighted by Gasteiger charge is -2.23. The van der Waals surface area contributed by atoms with Gasteiger partial charge in [0.25, 0.3) is 0 Å². The number of hydrogen-bond acceptors (Lipinski definition) is 2. The van der Waals surface area contributed by atoms with E-state index >= 15 is 0 Å². The maximum absolute atomic E-state index is 12.2. The van der Waals surface area contributed by atoms with E-state index in [4.69, 9.17) is 34.8 Å². The summed E-state index contributed by atoms with van der Waals surface area (Å²) in [5.74, 6) is 0.202. The van der Waals surface area contributed by atoms with Crippen LogP contribution < -0.4 is 0 Å². The van der Waals surface area contributed by atoms with Crippen LogP contribution in [0.3, 0.4) is 0 Å². The van der Waals surface area contributed by atoms with Crippen LogP contribution in [0.1, 0.15) is 6.92 Å². The third-order valence-corrected chi connectivity index (χ3v) is 5.53. The smallest absolute Gasteiger partial charge is 0.207 e. The normalized spacial score (nSPS) is 14.0. The number of rotatable bonds is 4. The molecule has 96 valence electrons. The molecule has 1 atom stereocenters. The van der Waals surface area contributed by atoms with Crippen LogP contribution in [0.2, 0.25) is 10.0 Å². The van der Waals surface area contributed by atoms with Gasteiger partial charge < -0.3 is 0 Å². The third kappa shape index (κ3) is 3.26. The molecular weight excluding hydrogens is 305 g/mol. The number of alkyl halides is 1. The SMILES string of the molecule is CC(CCl)N(C)S(=O)(=O)c1cc(Cl)ccc1Cl. The summed E-state index contributed by atoms with van der Waals surface area (Å²) >= 11 is 17.3. The van der Waals surface area contributed by atoms with Gasteiger partial charge in [-0.05, 0) is 25.1 Å². The van der Waals surface area contributed by atoms with Gasteiger partial charge in [-0.3, -0.25) is 0 Å². The highest BCUT2D eigenvalue weighted by Crippen LogP contribution is 2.28. The maximum Gasteiger partial charge on any atom is 0.244 e. The highest BCUT2D eigenvalue weighted by molar-refractivity contribution is 7.89. The summed E-state index contributed by atoms with van der Waals surface area (Å²) in [6.07, 6.45) is 0. The molecule has 0 spiro atoms. The lowest BCUT2D eigenvalue weighted by Crippen LogP contribution is -2.36. The molecule has 0 N–H and O–H groups in total. The minimum Gasteiger partial charge on any atom is -0.207 e. The van der Waals surface area contributed by atoms with E-state index in [1.54, 1.807) is 6.92 Å². The first kappa shape index (κ1) is 15.1. The van der Waals surface area contributed by atoms with E-state index in [1.807, 2.05) is 0 Å². The van der Waals surface area contributed by atoms with Gasteiger partial charge in [-0.25, -0.2) is 8.42 Å². The van der Waals surface area contributed by atoms with Gasteiger partial charge in [-0.15, -0.1) is 11.6 Å². The summed E-state index contributed by atoms with van der Waals surface area (Å²) in [7, 11) is -2.21. The molecule has 0 aliphatic rings. The zero-order chi connectivity index (χ0) is 13.2. The lowest BCUT2D eigenvalue weighted by atomic mass is 10.4. The van der Waals surface area contributed by atoms with Crippen molar-refractivity contribution in [1.82, 2.24) is 4.31 Å². The molecule has 0 amide bonds. The Labute approximate surface area is 116 Å². The maximum atomic E-state index is 12.2. The fraction of sp³-hybridized carbons (Fsp3) is 0.400. The molecule has 0 radical (unpaired) electrons. The van der Waals surface area contributed by atoms with Crippen LogP contribution in [0.5, 0.6) is 0 Å². The Morgan fingerprint density at radius 2 is 1.94 bits per heavy atom. The van der Waals surface area contributed by atoms with Gasteiger partial charge in [-0.1, -0.05) is 23.2 Å². The summed E-state index contributed by atoms with van der Waals surface area (Å²) in [4.78, 5) is -0.00821. The standard InChI is InChI=1S/C10H12Cl3NO2S/c1-7(6-11)14(2)17(15,16)10-5-8(12)3-4-9(10)13/h3-5,7H,6H2,1-2H3. The Kier molecular flexibility index (Phi) is 5.10. The molecule has 0 fully saturated rings. The minimum absolute atomic E-state index is 0.00821. The molecule has 0 aromatic heterocycles. The number of nitrogens with zero attached hydrogens (tertiary/aromatic N) is 1. The van der Waals surface area contributed by atoms with Gasteiger partial charge in [0, 0.05) is 24.0 Å².